The standard InChI is InChI=1S/C27H33N3O8/c1-11(31)6-7-12-10-16(29(2)3)14-8-13-9-15-20(30(4)5)23(34)19(26(28)37)25(36)27(15,38)24(35)17(13)22(33)18(14)21(12)32/h10,13,15,20,32-33,36,38H,6-9H2,1-5H3,(H2,28,37)/t13-,15+,20?,27-/m0/s1. The van der Waals surface area contributed by atoms with Crippen LogP contribution >= 0.6 is 0 Å². The van der Waals surface area contributed by atoms with Crippen molar-refractivity contribution in [2.24, 2.45) is 17.6 Å². The average molecular weight is 528 g/mol. The Balaban J connectivity index is 1.97. The van der Waals surface area contributed by atoms with Crippen LogP contribution in [-0.4, -0.2) is 88.4 Å². The van der Waals surface area contributed by atoms with E-state index in [1.807, 2.05) is 0 Å². The molecule has 1 amide bonds. The summed E-state index contributed by atoms with van der Waals surface area (Å²) in [6, 6.07) is 0.611. The molecule has 38 heavy (non-hydrogen) atoms. The van der Waals surface area contributed by atoms with Gasteiger partial charge in [-0.15, -0.1) is 0 Å². The van der Waals surface area contributed by atoms with Crippen molar-refractivity contribution in [3.8, 4) is 5.75 Å². The first-order valence-corrected chi connectivity index (χ1v) is 12.3. The number of nitrogens with two attached hydrogens (primary N) is 1. The number of Topliss-reactive ketones (excluding diaryl/α,β-unsaturated/α-hetero) is 3. The second-order valence-corrected chi connectivity index (χ2v) is 10.8. The maximum absolute atomic E-state index is 13.9. The van der Waals surface area contributed by atoms with Crippen molar-refractivity contribution in [1.29, 1.82) is 0 Å². The number of aromatic hydroxyl groups is 1. The van der Waals surface area contributed by atoms with E-state index in [4.69, 9.17) is 5.73 Å². The molecule has 204 valence electrons. The van der Waals surface area contributed by atoms with Crippen molar-refractivity contribution in [1.82, 2.24) is 4.90 Å². The summed E-state index contributed by atoms with van der Waals surface area (Å²) >= 11 is 0. The smallest absolute Gasteiger partial charge is 0.255 e. The van der Waals surface area contributed by atoms with E-state index in [9.17, 15) is 39.6 Å². The molecule has 0 heterocycles. The van der Waals surface area contributed by atoms with Gasteiger partial charge in [0.25, 0.3) is 5.91 Å². The molecule has 0 spiro atoms. The van der Waals surface area contributed by atoms with Crippen molar-refractivity contribution < 1.29 is 39.6 Å². The minimum atomic E-state index is -2.68. The number of primary amides is 1. The minimum absolute atomic E-state index is 0.0193. The summed E-state index contributed by atoms with van der Waals surface area (Å²) in [4.78, 5) is 54.1. The zero-order chi connectivity index (χ0) is 28.4. The Morgan fingerprint density at radius 2 is 1.76 bits per heavy atom. The number of anilines is 1. The van der Waals surface area contributed by atoms with Crippen molar-refractivity contribution in [2.45, 2.75) is 44.2 Å². The molecular formula is C27H33N3O8. The van der Waals surface area contributed by atoms with Crippen LogP contribution in [0.25, 0.3) is 5.76 Å². The van der Waals surface area contributed by atoms with Gasteiger partial charge in [0.1, 0.15) is 28.6 Å². The Bertz CT molecular complexity index is 1340. The van der Waals surface area contributed by atoms with Gasteiger partial charge in [-0.1, -0.05) is 0 Å². The molecule has 11 heteroatoms. The number of aliphatic hydroxyl groups excluding tert-OH is 2. The number of nitrogens with zero attached hydrogens (tertiary/aromatic N) is 2. The van der Waals surface area contributed by atoms with E-state index >= 15 is 0 Å². The van der Waals surface area contributed by atoms with Crippen LogP contribution in [0.5, 0.6) is 5.75 Å². The van der Waals surface area contributed by atoms with Gasteiger partial charge in [0.05, 0.1) is 11.6 Å². The fraction of sp³-hybridized carbons (Fsp3) is 0.481. The number of phenolic OH excluding ortho intramolecular Hbond substituents is 1. The molecule has 1 unspecified atom stereocenters. The molecular weight excluding hydrogens is 494 g/mol. The minimum Gasteiger partial charge on any atom is -0.508 e. The van der Waals surface area contributed by atoms with Crippen LogP contribution in [-0.2, 0) is 32.0 Å². The number of hydrogen-bond acceptors (Lipinski definition) is 10. The first kappa shape index (κ1) is 27.3. The maximum atomic E-state index is 13.9. The topological polar surface area (TPSA) is 182 Å². The average Bonchev–Trinajstić information content (AvgIpc) is 2.80. The van der Waals surface area contributed by atoms with Crippen LogP contribution in [0.2, 0.25) is 0 Å². The van der Waals surface area contributed by atoms with Gasteiger partial charge >= 0.3 is 0 Å². The van der Waals surface area contributed by atoms with Gasteiger partial charge in [0.2, 0.25) is 5.78 Å². The quantitative estimate of drug-likeness (QED) is 0.328. The number of aryl methyl sites for hydroxylation is 1. The monoisotopic (exact) mass is 527 g/mol. The molecule has 0 aromatic heterocycles. The number of benzene rings is 1. The normalized spacial score (nSPS) is 26.8. The third-order valence-corrected chi connectivity index (χ3v) is 8.00. The molecule has 1 aromatic carbocycles. The molecule has 3 aliphatic carbocycles. The van der Waals surface area contributed by atoms with Gasteiger partial charge in [0, 0.05) is 37.7 Å². The first-order valence-electron chi connectivity index (χ1n) is 12.3. The van der Waals surface area contributed by atoms with E-state index in [1.54, 1.807) is 39.2 Å². The van der Waals surface area contributed by atoms with Gasteiger partial charge in [-0.05, 0) is 63.4 Å². The molecule has 6 N–H and O–H groups in total. The zero-order valence-electron chi connectivity index (χ0n) is 22.0. The number of rotatable bonds is 6. The Morgan fingerprint density at radius 1 is 1.13 bits per heavy atom. The molecule has 3 aliphatic rings. The van der Waals surface area contributed by atoms with Crippen LogP contribution < -0.4 is 10.6 Å². The molecule has 4 rings (SSSR count). The second kappa shape index (κ2) is 9.25. The van der Waals surface area contributed by atoms with Crippen molar-refractivity contribution in [3.05, 3.63) is 39.7 Å². The first-order chi connectivity index (χ1) is 17.6. The maximum Gasteiger partial charge on any atom is 0.255 e. The van der Waals surface area contributed by atoms with E-state index in [1.165, 1.54) is 11.8 Å². The Labute approximate surface area is 219 Å². The predicted molar refractivity (Wildman–Crippen MR) is 138 cm³/mol. The van der Waals surface area contributed by atoms with Gasteiger partial charge in [-0.25, -0.2) is 0 Å². The van der Waals surface area contributed by atoms with Crippen molar-refractivity contribution >= 4 is 34.7 Å². The van der Waals surface area contributed by atoms with E-state index < -0.39 is 58.0 Å². The van der Waals surface area contributed by atoms with Crippen LogP contribution in [0, 0.1) is 11.8 Å². The van der Waals surface area contributed by atoms with Gasteiger partial charge in [-0.3, -0.25) is 19.3 Å². The predicted octanol–water partition coefficient (Wildman–Crippen LogP) is 0.552. The highest BCUT2D eigenvalue weighted by atomic mass is 16.3. The molecule has 1 fully saturated rings. The van der Waals surface area contributed by atoms with Gasteiger partial charge in [-0.2, -0.15) is 0 Å². The van der Waals surface area contributed by atoms with E-state index in [0.29, 0.717) is 16.8 Å². The summed E-state index contributed by atoms with van der Waals surface area (Å²) in [5, 5.41) is 45.2. The number of amides is 1. The zero-order valence-corrected chi connectivity index (χ0v) is 22.0. The van der Waals surface area contributed by atoms with E-state index in [0.717, 1.165) is 0 Å². The molecule has 0 saturated heterocycles. The molecule has 0 radical (unpaired) electrons. The summed E-state index contributed by atoms with van der Waals surface area (Å²) in [6.45, 7) is 1.43. The lowest BCUT2D eigenvalue weighted by Crippen LogP contribution is -2.65. The highest BCUT2D eigenvalue weighted by molar-refractivity contribution is 6.24. The number of phenols is 1. The molecule has 11 nitrogen and oxygen atoms in total. The number of fused-ring (bicyclic) bond motifs is 3. The third-order valence-electron chi connectivity index (χ3n) is 8.00. The molecule has 4 atom stereocenters. The van der Waals surface area contributed by atoms with Gasteiger partial charge < -0.3 is 35.9 Å². The van der Waals surface area contributed by atoms with Crippen molar-refractivity contribution in [3.63, 3.8) is 0 Å². The summed E-state index contributed by atoms with van der Waals surface area (Å²) in [5.41, 5.74) is 3.28. The molecule has 1 aromatic rings. The molecule has 1 saturated carbocycles. The number of ketones is 3. The number of likely N-dealkylation sites (N-methyl/N-ethyl adjacent to an activating group) is 1. The third kappa shape index (κ3) is 3.80. The highest BCUT2D eigenvalue weighted by Gasteiger charge is 2.64. The molecule has 0 bridgehead atoms. The molecule has 0 aliphatic heterocycles. The number of carbonyl (C=O) groups excluding carboxylic acids is 4. The Kier molecular flexibility index (Phi) is 6.65. The van der Waals surface area contributed by atoms with Crippen LogP contribution in [0.1, 0.15) is 36.5 Å². The van der Waals surface area contributed by atoms with Crippen molar-refractivity contribution in [2.75, 3.05) is 33.1 Å². The summed E-state index contributed by atoms with van der Waals surface area (Å²) in [7, 11) is 6.69. The highest BCUT2D eigenvalue weighted by Crippen LogP contribution is 2.54. The Morgan fingerprint density at radius 3 is 2.29 bits per heavy atom. The second-order valence-electron chi connectivity index (χ2n) is 10.8. The SMILES string of the molecule is CC(=O)CCc1cc(N(C)C)c2c(c1O)C(O)=C1C(=O)[C@]3(O)C(O)=C(C(N)=O)C(=O)C(N(C)C)[C@H]3C[C@@H]1C2. The fourth-order valence-corrected chi connectivity index (χ4v) is 6.25. The van der Waals surface area contributed by atoms with E-state index in [2.05, 4.69) is 0 Å². The summed E-state index contributed by atoms with van der Waals surface area (Å²) in [5.74, 6) is -6.95. The Hall–Kier alpha value is -3.70. The van der Waals surface area contributed by atoms with E-state index in [-0.39, 0.29) is 48.4 Å². The fourth-order valence-electron chi connectivity index (χ4n) is 6.25. The van der Waals surface area contributed by atoms with Gasteiger partial charge in [0.15, 0.2) is 11.4 Å². The number of hydrogen-bond donors (Lipinski definition) is 5. The number of aliphatic hydroxyl groups is 3. The largest absolute Gasteiger partial charge is 0.508 e. The van der Waals surface area contributed by atoms with Crippen LogP contribution in [0.15, 0.2) is 23.0 Å². The lowest BCUT2D eigenvalue weighted by molar-refractivity contribution is -0.153. The summed E-state index contributed by atoms with van der Waals surface area (Å²) in [6.07, 6.45) is 0.585. The number of carbonyl (C=O) groups is 4. The lowest BCUT2D eigenvalue weighted by atomic mass is 9.57. The van der Waals surface area contributed by atoms with Crippen LogP contribution in [0.4, 0.5) is 5.69 Å². The summed E-state index contributed by atoms with van der Waals surface area (Å²) < 4.78 is 0. The lowest BCUT2D eigenvalue weighted by Gasteiger charge is -2.50. The van der Waals surface area contributed by atoms with Crippen LogP contribution in [0.3, 0.4) is 0 Å².